The van der Waals surface area contributed by atoms with Gasteiger partial charge in [0.25, 0.3) is 10.2 Å². The molecular formula is C28H41ClN4O5S2. The summed E-state index contributed by atoms with van der Waals surface area (Å²) in [5.41, 5.74) is 2.69. The van der Waals surface area contributed by atoms with E-state index in [9.17, 15) is 16.8 Å². The number of hydrogen-bond donors (Lipinski definition) is 0. The zero-order chi connectivity index (χ0) is 27.9. The molecule has 4 rings (SSSR count). The van der Waals surface area contributed by atoms with Crippen LogP contribution in [0.2, 0.25) is 0 Å². The molecular weight excluding hydrogens is 572 g/mol. The maximum absolute atomic E-state index is 13.7. The van der Waals surface area contributed by atoms with Crippen molar-refractivity contribution < 1.29 is 21.6 Å². The minimum Gasteiger partial charge on any atom is -0.379 e. The SMILES string of the molecule is C=C1CN(S(=O)(=O)c2ccc(C)cc2)CCCN(Cc2ccccc2)CCCN(S(=O)(=O)N2CCOCC2)C1.Cl. The molecule has 2 saturated heterocycles. The molecule has 0 amide bonds. The molecule has 0 aliphatic carbocycles. The summed E-state index contributed by atoms with van der Waals surface area (Å²) in [6.45, 7) is 10.3. The fraction of sp³-hybridized carbons (Fsp3) is 0.500. The average Bonchev–Trinajstić information content (AvgIpc) is 2.92. The normalized spacial score (nSPS) is 20.3. The number of ether oxygens (including phenoxy) is 1. The Morgan fingerprint density at radius 1 is 0.750 bits per heavy atom. The Morgan fingerprint density at radius 3 is 1.95 bits per heavy atom. The molecule has 222 valence electrons. The first-order chi connectivity index (χ1) is 18.7. The van der Waals surface area contributed by atoms with Gasteiger partial charge >= 0.3 is 0 Å². The average molecular weight is 613 g/mol. The first-order valence-electron chi connectivity index (χ1n) is 13.5. The van der Waals surface area contributed by atoms with Gasteiger partial charge in [0, 0.05) is 45.8 Å². The molecule has 2 aromatic rings. The molecule has 0 bridgehead atoms. The van der Waals surface area contributed by atoms with E-state index < -0.39 is 20.2 Å². The third kappa shape index (κ3) is 8.59. The second-order valence-electron chi connectivity index (χ2n) is 10.2. The van der Waals surface area contributed by atoms with E-state index in [1.54, 1.807) is 24.3 Å². The molecule has 0 aromatic heterocycles. The lowest BCUT2D eigenvalue weighted by Crippen LogP contribution is -2.50. The molecule has 0 saturated carbocycles. The van der Waals surface area contributed by atoms with Crippen LogP contribution in [0.5, 0.6) is 0 Å². The lowest BCUT2D eigenvalue weighted by Gasteiger charge is -2.34. The van der Waals surface area contributed by atoms with Crippen molar-refractivity contribution in [3.05, 3.63) is 77.9 Å². The van der Waals surface area contributed by atoms with Crippen LogP contribution in [0.25, 0.3) is 0 Å². The molecule has 2 fully saturated rings. The number of hydrogen-bond acceptors (Lipinski definition) is 6. The van der Waals surface area contributed by atoms with Crippen LogP contribution in [-0.2, 0) is 31.5 Å². The van der Waals surface area contributed by atoms with Crippen molar-refractivity contribution >= 4 is 32.6 Å². The molecule has 0 radical (unpaired) electrons. The highest BCUT2D eigenvalue weighted by Gasteiger charge is 2.33. The van der Waals surface area contributed by atoms with Crippen LogP contribution >= 0.6 is 12.4 Å². The number of halogens is 1. The third-order valence-electron chi connectivity index (χ3n) is 7.09. The summed E-state index contributed by atoms with van der Waals surface area (Å²) < 4.78 is 64.3. The first kappa shape index (κ1) is 32.7. The Labute approximate surface area is 246 Å². The van der Waals surface area contributed by atoms with E-state index in [1.807, 2.05) is 25.1 Å². The molecule has 12 heteroatoms. The number of morpholine rings is 1. The largest absolute Gasteiger partial charge is 0.379 e. The molecule has 0 N–H and O–H groups in total. The van der Waals surface area contributed by atoms with Gasteiger partial charge in [0.15, 0.2) is 0 Å². The highest BCUT2D eigenvalue weighted by molar-refractivity contribution is 7.89. The molecule has 40 heavy (non-hydrogen) atoms. The molecule has 9 nitrogen and oxygen atoms in total. The molecule has 0 spiro atoms. The van der Waals surface area contributed by atoms with Crippen molar-refractivity contribution in [2.24, 2.45) is 0 Å². The van der Waals surface area contributed by atoms with Crippen LogP contribution in [0.15, 0.2) is 71.6 Å². The summed E-state index contributed by atoms with van der Waals surface area (Å²) in [6.07, 6.45) is 1.32. The maximum atomic E-state index is 13.7. The quantitative estimate of drug-likeness (QED) is 0.466. The smallest absolute Gasteiger partial charge is 0.282 e. The maximum Gasteiger partial charge on any atom is 0.282 e. The van der Waals surface area contributed by atoms with Crippen LogP contribution in [0.4, 0.5) is 0 Å². The van der Waals surface area contributed by atoms with Crippen LogP contribution in [0.3, 0.4) is 0 Å². The first-order valence-corrected chi connectivity index (χ1v) is 16.3. The van der Waals surface area contributed by atoms with Gasteiger partial charge in [-0.15, -0.1) is 12.4 Å². The van der Waals surface area contributed by atoms with E-state index in [0.717, 1.165) is 5.56 Å². The highest BCUT2D eigenvalue weighted by atomic mass is 35.5. The zero-order valence-electron chi connectivity index (χ0n) is 23.2. The van der Waals surface area contributed by atoms with E-state index in [0.29, 0.717) is 77.4 Å². The van der Waals surface area contributed by atoms with Gasteiger partial charge in [0.1, 0.15) is 0 Å². The fourth-order valence-electron chi connectivity index (χ4n) is 4.96. The number of aryl methyl sites for hydroxylation is 1. The summed E-state index contributed by atoms with van der Waals surface area (Å²) in [4.78, 5) is 2.51. The van der Waals surface area contributed by atoms with Gasteiger partial charge in [-0.2, -0.15) is 21.3 Å². The Hall–Kier alpha value is -1.83. The van der Waals surface area contributed by atoms with E-state index in [4.69, 9.17) is 4.74 Å². The lowest BCUT2D eigenvalue weighted by atomic mass is 10.2. The van der Waals surface area contributed by atoms with Crippen molar-refractivity contribution in [2.45, 2.75) is 31.2 Å². The summed E-state index contributed by atoms with van der Waals surface area (Å²) in [6, 6.07) is 17.0. The predicted molar refractivity (Wildman–Crippen MR) is 160 cm³/mol. The second kappa shape index (κ2) is 14.9. The van der Waals surface area contributed by atoms with Crippen molar-refractivity contribution in [3.8, 4) is 0 Å². The van der Waals surface area contributed by atoms with Crippen molar-refractivity contribution in [1.29, 1.82) is 0 Å². The predicted octanol–water partition coefficient (Wildman–Crippen LogP) is 3.14. The Bertz CT molecular complexity index is 1300. The molecule has 2 aliphatic heterocycles. The Morgan fingerprint density at radius 2 is 1.32 bits per heavy atom. The number of nitrogens with zero attached hydrogens (tertiary/aromatic N) is 4. The van der Waals surface area contributed by atoms with Crippen molar-refractivity contribution in [1.82, 2.24) is 17.8 Å². The van der Waals surface area contributed by atoms with Crippen LogP contribution in [0, 0.1) is 6.92 Å². The van der Waals surface area contributed by atoms with E-state index in [2.05, 4.69) is 23.6 Å². The minimum atomic E-state index is -3.79. The van der Waals surface area contributed by atoms with Gasteiger partial charge in [0.05, 0.1) is 18.1 Å². The monoisotopic (exact) mass is 612 g/mol. The standard InChI is InChI=1S/C28H40N4O5S2.ClH/c1-25-10-12-28(13-11-25)38(33,34)31-16-6-14-29(24-27-8-4-3-5-9-27)15-7-17-32(23-26(2)22-31)39(35,36)30-18-20-37-21-19-30;/h3-5,8-13H,2,6-7,14-24H2,1H3;1H. The number of benzene rings is 2. The van der Waals surface area contributed by atoms with Crippen LogP contribution < -0.4 is 0 Å². The van der Waals surface area contributed by atoms with Gasteiger partial charge in [-0.1, -0.05) is 54.6 Å². The Balaban J connectivity index is 0.00000441. The number of sulfonamides is 1. The topological polar surface area (TPSA) is 90.5 Å². The molecule has 0 unspecified atom stereocenters. The van der Waals surface area contributed by atoms with Crippen molar-refractivity contribution in [3.63, 3.8) is 0 Å². The van der Waals surface area contributed by atoms with Gasteiger partial charge in [-0.3, -0.25) is 4.90 Å². The van der Waals surface area contributed by atoms with Crippen molar-refractivity contribution in [2.75, 3.05) is 65.6 Å². The van der Waals surface area contributed by atoms with Gasteiger partial charge in [0.2, 0.25) is 10.0 Å². The molecule has 0 atom stereocenters. The number of rotatable bonds is 6. The minimum absolute atomic E-state index is 0. The van der Waals surface area contributed by atoms with Gasteiger partial charge < -0.3 is 4.74 Å². The van der Waals surface area contributed by atoms with E-state index >= 15 is 0 Å². The van der Waals surface area contributed by atoms with E-state index in [-0.39, 0.29) is 30.4 Å². The summed E-state index contributed by atoms with van der Waals surface area (Å²) >= 11 is 0. The second-order valence-corrected chi connectivity index (χ2v) is 14.1. The van der Waals surface area contributed by atoms with Crippen LogP contribution in [-0.4, -0.2) is 100 Å². The van der Waals surface area contributed by atoms with Gasteiger partial charge in [-0.05, 0) is 56.1 Å². The summed E-state index contributed by atoms with van der Waals surface area (Å²) in [5.74, 6) is 0. The summed E-state index contributed by atoms with van der Waals surface area (Å²) in [5, 5.41) is 0. The Kier molecular flexibility index (Phi) is 12.2. The van der Waals surface area contributed by atoms with E-state index in [1.165, 1.54) is 18.5 Å². The van der Waals surface area contributed by atoms with Crippen LogP contribution in [0.1, 0.15) is 24.0 Å². The highest BCUT2D eigenvalue weighted by Crippen LogP contribution is 2.21. The van der Waals surface area contributed by atoms with Gasteiger partial charge in [-0.25, -0.2) is 8.42 Å². The molecule has 2 aromatic carbocycles. The zero-order valence-corrected chi connectivity index (χ0v) is 25.6. The third-order valence-corrected chi connectivity index (χ3v) is 10.9. The fourth-order valence-corrected chi connectivity index (χ4v) is 8.10. The lowest BCUT2D eigenvalue weighted by molar-refractivity contribution is 0.0702. The summed E-state index contributed by atoms with van der Waals surface area (Å²) in [7, 11) is -7.54. The molecule has 2 heterocycles. The molecule has 2 aliphatic rings.